The molecule has 100 valence electrons. The zero-order chi connectivity index (χ0) is 13.9. The van der Waals surface area contributed by atoms with Crippen LogP contribution in [0.4, 0.5) is 0 Å². The molecule has 0 fully saturated rings. The lowest BCUT2D eigenvalue weighted by Crippen LogP contribution is -2.29. The Labute approximate surface area is 105 Å². The normalized spacial score (nSPS) is 12.3. The molecule has 0 saturated heterocycles. The van der Waals surface area contributed by atoms with Gasteiger partial charge in [0, 0.05) is 7.05 Å². The van der Waals surface area contributed by atoms with Crippen LogP contribution in [0, 0.1) is 0 Å². The number of amides is 1. The number of aromatic nitrogens is 3. The summed E-state index contributed by atoms with van der Waals surface area (Å²) in [6.07, 6.45) is 0. The molecule has 0 radical (unpaired) electrons. The van der Waals surface area contributed by atoms with E-state index in [1.807, 2.05) is 13.8 Å². The number of carbonyl (C=O) groups excluding carboxylic acids is 2. The number of rotatable bonds is 4. The zero-order valence-corrected chi connectivity index (χ0v) is 11.2. The molecule has 1 aromatic rings. The van der Waals surface area contributed by atoms with E-state index in [1.54, 1.807) is 14.0 Å². The lowest BCUT2D eigenvalue weighted by Gasteiger charge is -2.15. The fourth-order valence-corrected chi connectivity index (χ4v) is 1.69. The highest BCUT2D eigenvalue weighted by molar-refractivity contribution is 5.88. The van der Waals surface area contributed by atoms with Gasteiger partial charge in [0.15, 0.2) is 5.69 Å². The first-order chi connectivity index (χ1) is 8.43. The largest absolute Gasteiger partial charge is 0.464 e. The van der Waals surface area contributed by atoms with Gasteiger partial charge in [0.2, 0.25) is 5.91 Å². The molecule has 1 heterocycles. The highest BCUT2D eigenvalue weighted by Crippen LogP contribution is 2.21. The second kappa shape index (κ2) is 5.61. The number of nitrogens with one attached hydrogen (secondary N) is 1. The lowest BCUT2D eigenvalue weighted by atomic mass is 10.1. The molecule has 1 atom stereocenters. The number of hydrogen-bond acceptors (Lipinski definition) is 5. The van der Waals surface area contributed by atoms with Gasteiger partial charge >= 0.3 is 5.97 Å². The summed E-state index contributed by atoms with van der Waals surface area (Å²) in [6.45, 7) is 5.50. The number of ether oxygens (including phenoxy) is 1. The van der Waals surface area contributed by atoms with Crippen molar-refractivity contribution in [2.24, 2.45) is 0 Å². The van der Waals surface area contributed by atoms with Crippen LogP contribution < -0.4 is 5.32 Å². The smallest absolute Gasteiger partial charge is 0.360 e. The van der Waals surface area contributed by atoms with Crippen molar-refractivity contribution in [2.45, 2.75) is 32.7 Å². The Morgan fingerprint density at radius 3 is 2.39 bits per heavy atom. The predicted octanol–water partition coefficient (Wildman–Crippen LogP) is 0.495. The van der Waals surface area contributed by atoms with E-state index in [9.17, 15) is 9.59 Å². The molecule has 18 heavy (non-hydrogen) atoms. The third-order valence-electron chi connectivity index (χ3n) is 2.65. The van der Waals surface area contributed by atoms with E-state index in [-0.39, 0.29) is 17.5 Å². The molecule has 1 amide bonds. The zero-order valence-electron chi connectivity index (χ0n) is 11.2. The van der Waals surface area contributed by atoms with Gasteiger partial charge in [-0.15, -0.1) is 5.10 Å². The van der Waals surface area contributed by atoms with Crippen LogP contribution in [0.1, 0.15) is 48.9 Å². The van der Waals surface area contributed by atoms with Gasteiger partial charge in [-0.1, -0.05) is 19.1 Å². The number of nitrogens with zero attached hydrogens (tertiary/aromatic N) is 3. The second-order valence-electron chi connectivity index (χ2n) is 4.20. The summed E-state index contributed by atoms with van der Waals surface area (Å²) in [5, 5.41) is 10.2. The number of methoxy groups -OCH3 is 1. The van der Waals surface area contributed by atoms with Crippen molar-refractivity contribution in [3.8, 4) is 0 Å². The van der Waals surface area contributed by atoms with Gasteiger partial charge < -0.3 is 10.1 Å². The summed E-state index contributed by atoms with van der Waals surface area (Å²) < 4.78 is 6.11. The summed E-state index contributed by atoms with van der Waals surface area (Å²) in [5.41, 5.74) is 0.751. The van der Waals surface area contributed by atoms with E-state index in [4.69, 9.17) is 0 Å². The third-order valence-corrected chi connectivity index (χ3v) is 2.65. The van der Waals surface area contributed by atoms with Crippen LogP contribution in [0.3, 0.4) is 0 Å². The van der Waals surface area contributed by atoms with Crippen molar-refractivity contribution in [3.05, 3.63) is 11.4 Å². The molecule has 1 aromatic heterocycles. The van der Waals surface area contributed by atoms with Crippen LogP contribution in [0.15, 0.2) is 0 Å². The van der Waals surface area contributed by atoms with Gasteiger partial charge in [-0.05, 0) is 12.8 Å². The van der Waals surface area contributed by atoms with E-state index in [0.29, 0.717) is 5.69 Å². The van der Waals surface area contributed by atoms with Gasteiger partial charge in [0.05, 0.1) is 12.8 Å². The minimum Gasteiger partial charge on any atom is -0.464 e. The molecule has 0 aromatic carbocycles. The Morgan fingerprint density at radius 2 is 1.94 bits per heavy atom. The molecule has 0 bridgehead atoms. The van der Waals surface area contributed by atoms with E-state index < -0.39 is 12.0 Å². The van der Waals surface area contributed by atoms with Crippen LogP contribution in [0.2, 0.25) is 0 Å². The summed E-state index contributed by atoms with van der Waals surface area (Å²) in [5.74, 6) is -0.742. The van der Waals surface area contributed by atoms with Crippen LogP contribution >= 0.6 is 0 Å². The fourth-order valence-electron chi connectivity index (χ4n) is 1.69. The van der Waals surface area contributed by atoms with Gasteiger partial charge in [0.1, 0.15) is 6.04 Å². The van der Waals surface area contributed by atoms with E-state index in [2.05, 4.69) is 20.4 Å². The van der Waals surface area contributed by atoms with Gasteiger partial charge in [0.25, 0.3) is 0 Å². The van der Waals surface area contributed by atoms with E-state index >= 15 is 0 Å². The lowest BCUT2D eigenvalue weighted by molar-refractivity contribution is -0.123. The summed E-state index contributed by atoms with van der Waals surface area (Å²) in [6, 6.07) is -0.529. The van der Waals surface area contributed by atoms with E-state index in [0.717, 1.165) is 0 Å². The quantitative estimate of drug-likeness (QED) is 0.790. The average molecular weight is 254 g/mol. The monoisotopic (exact) mass is 254 g/mol. The van der Waals surface area contributed by atoms with Crippen molar-refractivity contribution in [1.82, 2.24) is 20.3 Å². The Hall–Kier alpha value is -1.92. The van der Waals surface area contributed by atoms with Gasteiger partial charge in [-0.3, -0.25) is 4.79 Å². The highest BCUT2D eigenvalue weighted by Gasteiger charge is 2.27. The molecule has 1 unspecified atom stereocenters. The maximum absolute atomic E-state index is 11.6. The average Bonchev–Trinajstić information content (AvgIpc) is 2.80. The van der Waals surface area contributed by atoms with Crippen molar-refractivity contribution in [2.75, 3.05) is 14.2 Å². The van der Waals surface area contributed by atoms with Crippen LogP contribution in [-0.4, -0.2) is 41.0 Å². The number of hydrogen-bond donors (Lipinski definition) is 1. The second-order valence-corrected chi connectivity index (χ2v) is 4.20. The third kappa shape index (κ3) is 2.49. The molecule has 0 saturated carbocycles. The number of esters is 1. The van der Waals surface area contributed by atoms with Gasteiger partial charge in [-0.25, -0.2) is 9.48 Å². The molecule has 1 rings (SSSR count). The maximum atomic E-state index is 11.6. The Balaban J connectivity index is 3.25. The molecule has 7 heteroatoms. The fraction of sp³-hybridized carbons (Fsp3) is 0.636. The Morgan fingerprint density at radius 1 is 1.33 bits per heavy atom. The number of likely N-dealkylation sites (N-methyl/N-ethyl adjacent to an activating group) is 1. The highest BCUT2D eigenvalue weighted by atomic mass is 16.5. The first kappa shape index (κ1) is 14.1. The molecule has 0 aliphatic heterocycles. The minimum atomic E-state index is -0.547. The summed E-state index contributed by atoms with van der Waals surface area (Å²) in [4.78, 5) is 23.2. The topological polar surface area (TPSA) is 86.1 Å². The summed E-state index contributed by atoms with van der Waals surface area (Å²) >= 11 is 0. The summed E-state index contributed by atoms with van der Waals surface area (Å²) in [7, 11) is 2.83. The van der Waals surface area contributed by atoms with Crippen molar-refractivity contribution < 1.29 is 14.3 Å². The molecule has 1 N–H and O–H groups in total. The minimum absolute atomic E-state index is 0.00112. The van der Waals surface area contributed by atoms with Crippen LogP contribution in [0.5, 0.6) is 0 Å². The standard InChI is InChI=1S/C11H18N4O3/c1-6(2)9-8(11(17)18-5)13-14-15(9)7(3)10(16)12-4/h6-7H,1-5H3,(H,12,16). The molecular formula is C11H18N4O3. The molecule has 0 spiro atoms. The first-order valence-electron chi connectivity index (χ1n) is 5.69. The van der Waals surface area contributed by atoms with Gasteiger partial charge in [-0.2, -0.15) is 0 Å². The molecular weight excluding hydrogens is 236 g/mol. The van der Waals surface area contributed by atoms with Crippen molar-refractivity contribution in [1.29, 1.82) is 0 Å². The predicted molar refractivity (Wildman–Crippen MR) is 64.2 cm³/mol. The van der Waals surface area contributed by atoms with Crippen molar-refractivity contribution in [3.63, 3.8) is 0 Å². The van der Waals surface area contributed by atoms with E-state index in [1.165, 1.54) is 11.8 Å². The Bertz CT molecular complexity index is 453. The molecule has 0 aliphatic rings. The maximum Gasteiger partial charge on any atom is 0.360 e. The van der Waals surface area contributed by atoms with Crippen molar-refractivity contribution >= 4 is 11.9 Å². The van der Waals surface area contributed by atoms with Crippen LogP contribution in [0.25, 0.3) is 0 Å². The molecule has 0 aliphatic carbocycles. The first-order valence-corrected chi connectivity index (χ1v) is 5.69. The molecule has 7 nitrogen and oxygen atoms in total. The van der Waals surface area contributed by atoms with Crippen LogP contribution in [-0.2, 0) is 9.53 Å². The SMILES string of the molecule is CNC(=O)C(C)n1nnc(C(=O)OC)c1C(C)C. The Kier molecular flexibility index (Phi) is 4.41. The number of carbonyl (C=O) groups is 2.